The summed E-state index contributed by atoms with van der Waals surface area (Å²) in [5.74, 6) is 0.250. The standard InChI is InChI=1S/C22H39N7O2/c1-5-9-17(4)31-21-25-19(23)18-20(26-21)29(22(30)24-18)11-8-6-7-10-27-12-14-28(15-13-27)16(2)3/h16-17H,5-15H2,1-4H3,(H,24,30)(H2,23,25,26). The van der Waals surface area contributed by atoms with Crippen LogP contribution in [-0.4, -0.2) is 74.2 Å². The number of anilines is 1. The second-order valence-corrected chi connectivity index (χ2v) is 8.92. The van der Waals surface area contributed by atoms with Gasteiger partial charge in [0.15, 0.2) is 11.5 Å². The first-order chi connectivity index (χ1) is 14.9. The van der Waals surface area contributed by atoms with Crippen LogP contribution in [0.2, 0.25) is 0 Å². The van der Waals surface area contributed by atoms with E-state index in [-0.39, 0.29) is 23.6 Å². The third kappa shape index (κ3) is 6.20. The van der Waals surface area contributed by atoms with Crippen LogP contribution in [0.25, 0.3) is 11.2 Å². The average molecular weight is 434 g/mol. The number of aromatic nitrogens is 4. The molecule has 0 bridgehead atoms. The van der Waals surface area contributed by atoms with Gasteiger partial charge in [0.05, 0.1) is 6.10 Å². The maximum Gasteiger partial charge on any atom is 0.327 e. The summed E-state index contributed by atoms with van der Waals surface area (Å²) in [7, 11) is 0. The van der Waals surface area contributed by atoms with Crippen LogP contribution >= 0.6 is 0 Å². The highest BCUT2D eigenvalue weighted by Gasteiger charge is 2.18. The van der Waals surface area contributed by atoms with E-state index < -0.39 is 0 Å². The smallest absolute Gasteiger partial charge is 0.327 e. The van der Waals surface area contributed by atoms with E-state index in [1.165, 1.54) is 0 Å². The Morgan fingerprint density at radius 1 is 1.06 bits per heavy atom. The van der Waals surface area contributed by atoms with Crippen molar-refractivity contribution >= 4 is 17.0 Å². The normalized spacial score (nSPS) is 16.9. The molecule has 174 valence electrons. The first-order valence-corrected chi connectivity index (χ1v) is 11.8. The molecule has 31 heavy (non-hydrogen) atoms. The van der Waals surface area contributed by atoms with Gasteiger partial charge in [-0.3, -0.25) is 9.47 Å². The number of rotatable bonds is 11. The molecule has 9 nitrogen and oxygen atoms in total. The molecule has 0 aromatic carbocycles. The fourth-order valence-electron chi connectivity index (χ4n) is 4.22. The van der Waals surface area contributed by atoms with Crippen molar-refractivity contribution in [2.24, 2.45) is 0 Å². The van der Waals surface area contributed by atoms with Gasteiger partial charge in [-0.25, -0.2) is 4.79 Å². The van der Waals surface area contributed by atoms with Gasteiger partial charge < -0.3 is 20.4 Å². The van der Waals surface area contributed by atoms with Gasteiger partial charge in [0.25, 0.3) is 0 Å². The van der Waals surface area contributed by atoms with E-state index in [0.29, 0.717) is 23.8 Å². The summed E-state index contributed by atoms with van der Waals surface area (Å²) in [4.78, 5) is 29.0. The maximum atomic E-state index is 12.5. The van der Waals surface area contributed by atoms with E-state index in [0.717, 1.165) is 64.8 Å². The van der Waals surface area contributed by atoms with E-state index >= 15 is 0 Å². The van der Waals surface area contributed by atoms with Crippen molar-refractivity contribution < 1.29 is 4.74 Å². The molecule has 0 saturated carbocycles. The molecule has 1 aliphatic heterocycles. The Morgan fingerprint density at radius 2 is 1.77 bits per heavy atom. The van der Waals surface area contributed by atoms with Crippen molar-refractivity contribution in [2.75, 3.05) is 38.5 Å². The minimum absolute atomic E-state index is 0.00312. The SMILES string of the molecule is CCCC(C)Oc1nc(N)c2[nH]c(=O)n(CCCCCN3CCN(C(C)C)CC3)c2n1. The zero-order valence-electron chi connectivity index (χ0n) is 19.6. The van der Waals surface area contributed by atoms with Crippen LogP contribution in [-0.2, 0) is 6.54 Å². The third-order valence-corrected chi connectivity index (χ3v) is 6.13. The van der Waals surface area contributed by atoms with E-state index in [4.69, 9.17) is 10.5 Å². The monoisotopic (exact) mass is 433 g/mol. The highest BCUT2D eigenvalue weighted by atomic mass is 16.5. The third-order valence-electron chi connectivity index (χ3n) is 6.13. The fourth-order valence-corrected chi connectivity index (χ4v) is 4.22. The number of unbranched alkanes of at least 4 members (excludes halogenated alkanes) is 2. The molecule has 0 amide bonds. The van der Waals surface area contributed by atoms with Crippen LogP contribution in [0.15, 0.2) is 4.79 Å². The molecule has 3 heterocycles. The molecule has 2 aromatic heterocycles. The highest BCUT2D eigenvalue weighted by Crippen LogP contribution is 2.19. The summed E-state index contributed by atoms with van der Waals surface area (Å²) in [5.41, 5.74) is 6.88. The maximum absolute atomic E-state index is 12.5. The predicted octanol–water partition coefficient (Wildman–Crippen LogP) is 2.47. The van der Waals surface area contributed by atoms with Gasteiger partial charge >= 0.3 is 11.7 Å². The van der Waals surface area contributed by atoms with Crippen LogP contribution in [0.1, 0.15) is 59.8 Å². The molecule has 1 atom stereocenters. The predicted molar refractivity (Wildman–Crippen MR) is 125 cm³/mol. The Labute approximate surface area is 185 Å². The first-order valence-electron chi connectivity index (χ1n) is 11.8. The second-order valence-electron chi connectivity index (χ2n) is 8.92. The molecule has 0 radical (unpaired) electrons. The fraction of sp³-hybridized carbons (Fsp3) is 0.773. The quantitative estimate of drug-likeness (QED) is 0.524. The van der Waals surface area contributed by atoms with Gasteiger partial charge in [0, 0.05) is 38.8 Å². The Kier molecular flexibility index (Phi) is 8.31. The van der Waals surface area contributed by atoms with Gasteiger partial charge in [-0.15, -0.1) is 0 Å². The molecule has 3 rings (SSSR count). The summed E-state index contributed by atoms with van der Waals surface area (Å²) in [6.45, 7) is 15.0. The number of aromatic amines is 1. The van der Waals surface area contributed by atoms with Crippen molar-refractivity contribution in [1.29, 1.82) is 0 Å². The molecule has 3 N–H and O–H groups in total. The molecule has 1 saturated heterocycles. The summed E-state index contributed by atoms with van der Waals surface area (Å²) >= 11 is 0. The number of nitrogens with two attached hydrogens (primary N) is 1. The van der Waals surface area contributed by atoms with Crippen molar-refractivity contribution in [3.05, 3.63) is 10.5 Å². The minimum atomic E-state index is -0.195. The Bertz CT molecular complexity index is 884. The molecular weight excluding hydrogens is 394 g/mol. The van der Waals surface area contributed by atoms with Crippen molar-refractivity contribution in [2.45, 2.75) is 78.5 Å². The number of piperazine rings is 1. The zero-order chi connectivity index (χ0) is 22.4. The number of nitrogens with one attached hydrogen (secondary N) is 1. The van der Waals surface area contributed by atoms with Gasteiger partial charge in [-0.2, -0.15) is 9.97 Å². The Hall–Kier alpha value is -2.13. The molecule has 2 aromatic rings. The number of imidazole rings is 1. The minimum Gasteiger partial charge on any atom is -0.460 e. The zero-order valence-corrected chi connectivity index (χ0v) is 19.6. The van der Waals surface area contributed by atoms with E-state index in [9.17, 15) is 4.79 Å². The van der Waals surface area contributed by atoms with E-state index in [1.54, 1.807) is 4.57 Å². The topological polar surface area (TPSA) is 105 Å². The molecule has 1 fully saturated rings. The van der Waals surface area contributed by atoms with Gasteiger partial charge in [-0.1, -0.05) is 19.8 Å². The van der Waals surface area contributed by atoms with Gasteiger partial charge in [0.2, 0.25) is 0 Å². The van der Waals surface area contributed by atoms with Crippen LogP contribution in [0, 0.1) is 0 Å². The first kappa shape index (κ1) is 23.5. The molecule has 1 unspecified atom stereocenters. The summed E-state index contributed by atoms with van der Waals surface area (Å²) in [5, 5.41) is 0. The molecular formula is C22H39N7O2. The van der Waals surface area contributed by atoms with Crippen molar-refractivity contribution in [3.8, 4) is 6.01 Å². The van der Waals surface area contributed by atoms with E-state index in [1.807, 2.05) is 6.92 Å². The Balaban J connectivity index is 1.52. The molecule has 1 aliphatic rings. The van der Waals surface area contributed by atoms with Crippen LogP contribution in [0.3, 0.4) is 0 Å². The number of nitrogens with zero attached hydrogens (tertiary/aromatic N) is 5. The van der Waals surface area contributed by atoms with Crippen molar-refractivity contribution in [1.82, 2.24) is 29.3 Å². The molecule has 0 aliphatic carbocycles. The molecule has 0 spiro atoms. The largest absolute Gasteiger partial charge is 0.460 e. The number of H-pyrrole nitrogens is 1. The van der Waals surface area contributed by atoms with Crippen molar-refractivity contribution in [3.63, 3.8) is 0 Å². The summed E-state index contributed by atoms with van der Waals surface area (Å²) in [6.07, 6.45) is 5.06. The lowest BCUT2D eigenvalue weighted by molar-refractivity contribution is 0.107. The number of nitrogen functional groups attached to an aromatic ring is 1. The average Bonchev–Trinajstić information content (AvgIpc) is 3.04. The van der Waals surface area contributed by atoms with Gasteiger partial charge in [0.1, 0.15) is 5.52 Å². The Morgan fingerprint density at radius 3 is 2.45 bits per heavy atom. The lowest BCUT2D eigenvalue weighted by atomic mass is 10.2. The number of aryl methyl sites for hydroxylation is 1. The number of fused-ring (bicyclic) bond motifs is 1. The number of hydrogen-bond acceptors (Lipinski definition) is 7. The van der Waals surface area contributed by atoms with Crippen LogP contribution < -0.4 is 16.2 Å². The lowest BCUT2D eigenvalue weighted by Crippen LogP contribution is -2.48. The van der Waals surface area contributed by atoms with Crippen LogP contribution in [0.5, 0.6) is 6.01 Å². The highest BCUT2D eigenvalue weighted by molar-refractivity contribution is 5.81. The van der Waals surface area contributed by atoms with Crippen LogP contribution in [0.4, 0.5) is 5.82 Å². The summed E-state index contributed by atoms with van der Waals surface area (Å²) in [6, 6.07) is 0.870. The number of ether oxygens (including phenoxy) is 1. The summed E-state index contributed by atoms with van der Waals surface area (Å²) < 4.78 is 7.46. The van der Waals surface area contributed by atoms with E-state index in [2.05, 4.69) is 45.5 Å². The lowest BCUT2D eigenvalue weighted by Gasteiger charge is -2.36. The van der Waals surface area contributed by atoms with Gasteiger partial charge in [-0.05, 0) is 46.6 Å². The number of hydrogen-bond donors (Lipinski definition) is 2. The second kappa shape index (κ2) is 10.9. The molecule has 9 heteroatoms.